The third-order valence-corrected chi connectivity index (χ3v) is 3.19. The molecule has 0 atom stereocenters. The number of nitrogens with one attached hydrogen (secondary N) is 1. The molecule has 0 aromatic heterocycles. The highest BCUT2D eigenvalue weighted by Crippen LogP contribution is 2.37. The van der Waals surface area contributed by atoms with Crippen molar-refractivity contribution in [1.29, 1.82) is 0 Å². The van der Waals surface area contributed by atoms with E-state index < -0.39 is 9.85 Å². The number of hydrogen-bond donors (Lipinski definition) is 1. The zero-order valence-corrected chi connectivity index (χ0v) is 12.0. The molecule has 10 nitrogen and oxygen atoms in total. The van der Waals surface area contributed by atoms with Gasteiger partial charge >= 0.3 is 0 Å². The standard InChI is InChI=1S/C14H10N4O6/c19-17(20)11-3-1-10(2-4-11)16-15-7-9-5-13-14(24-8-23-13)6-12(9)18(21)22/h1-7,16H,8H2. The number of anilines is 1. The number of nitro benzene ring substituents is 2. The molecule has 1 heterocycles. The zero-order chi connectivity index (χ0) is 17.1. The lowest BCUT2D eigenvalue weighted by Crippen LogP contribution is -1.97. The van der Waals surface area contributed by atoms with Gasteiger partial charge in [-0.2, -0.15) is 5.10 Å². The highest BCUT2D eigenvalue weighted by Gasteiger charge is 2.22. The van der Waals surface area contributed by atoms with E-state index >= 15 is 0 Å². The summed E-state index contributed by atoms with van der Waals surface area (Å²) in [6, 6.07) is 8.33. The number of nitrogens with zero attached hydrogens (tertiary/aromatic N) is 3. The average molecular weight is 330 g/mol. The summed E-state index contributed by atoms with van der Waals surface area (Å²) in [7, 11) is 0. The molecular weight excluding hydrogens is 320 g/mol. The van der Waals surface area contributed by atoms with Crippen molar-refractivity contribution in [2.24, 2.45) is 5.10 Å². The number of benzene rings is 2. The Kier molecular flexibility index (Phi) is 3.93. The van der Waals surface area contributed by atoms with E-state index in [0.29, 0.717) is 17.2 Å². The topological polar surface area (TPSA) is 129 Å². The number of rotatable bonds is 5. The summed E-state index contributed by atoms with van der Waals surface area (Å²) in [5, 5.41) is 25.6. The molecule has 0 spiro atoms. The van der Waals surface area contributed by atoms with Crippen LogP contribution in [0.25, 0.3) is 0 Å². The summed E-state index contributed by atoms with van der Waals surface area (Å²) in [5.41, 5.74) is 3.16. The molecule has 1 aliphatic rings. The number of hydrazone groups is 1. The Morgan fingerprint density at radius 3 is 2.33 bits per heavy atom. The van der Waals surface area contributed by atoms with E-state index in [1.807, 2.05) is 0 Å². The van der Waals surface area contributed by atoms with Gasteiger partial charge in [-0.1, -0.05) is 0 Å². The van der Waals surface area contributed by atoms with Crippen molar-refractivity contribution in [3.63, 3.8) is 0 Å². The fraction of sp³-hybridized carbons (Fsp3) is 0.0714. The molecule has 0 aliphatic carbocycles. The zero-order valence-electron chi connectivity index (χ0n) is 12.0. The maximum absolute atomic E-state index is 11.1. The molecule has 0 saturated heterocycles. The quantitative estimate of drug-likeness (QED) is 0.506. The van der Waals surface area contributed by atoms with Crippen molar-refractivity contribution < 1.29 is 19.3 Å². The Labute approximate surface area is 134 Å². The summed E-state index contributed by atoms with van der Waals surface area (Å²) in [4.78, 5) is 20.6. The lowest BCUT2D eigenvalue weighted by molar-refractivity contribution is -0.385. The first-order valence-corrected chi connectivity index (χ1v) is 6.66. The number of non-ortho nitro benzene ring substituents is 1. The van der Waals surface area contributed by atoms with E-state index in [1.165, 1.54) is 42.6 Å². The molecule has 0 radical (unpaired) electrons. The molecule has 0 amide bonds. The second kappa shape index (κ2) is 6.20. The predicted molar refractivity (Wildman–Crippen MR) is 83.5 cm³/mol. The van der Waals surface area contributed by atoms with Crippen LogP contribution in [0.5, 0.6) is 11.5 Å². The van der Waals surface area contributed by atoms with Gasteiger partial charge in [0.05, 0.1) is 33.4 Å². The van der Waals surface area contributed by atoms with Crippen LogP contribution in [0.1, 0.15) is 5.56 Å². The molecule has 1 aliphatic heterocycles. The fourth-order valence-corrected chi connectivity index (χ4v) is 2.04. The van der Waals surface area contributed by atoms with Crippen LogP contribution >= 0.6 is 0 Å². The minimum Gasteiger partial charge on any atom is -0.454 e. The van der Waals surface area contributed by atoms with Gasteiger partial charge in [0.1, 0.15) is 0 Å². The van der Waals surface area contributed by atoms with Gasteiger partial charge in [0.15, 0.2) is 11.5 Å². The van der Waals surface area contributed by atoms with E-state index in [2.05, 4.69) is 10.5 Å². The van der Waals surface area contributed by atoms with Crippen LogP contribution in [0.2, 0.25) is 0 Å². The summed E-state index contributed by atoms with van der Waals surface area (Å²) in [6.07, 6.45) is 1.27. The van der Waals surface area contributed by atoms with Gasteiger partial charge in [-0.15, -0.1) is 0 Å². The van der Waals surface area contributed by atoms with E-state index in [-0.39, 0.29) is 23.7 Å². The Morgan fingerprint density at radius 1 is 1.04 bits per heavy atom. The number of nitro groups is 2. The first-order chi connectivity index (χ1) is 11.5. The molecule has 122 valence electrons. The normalized spacial score (nSPS) is 12.3. The Bertz CT molecular complexity index is 834. The van der Waals surface area contributed by atoms with Crippen LogP contribution in [0.15, 0.2) is 41.5 Å². The smallest absolute Gasteiger partial charge is 0.282 e. The van der Waals surface area contributed by atoms with Gasteiger partial charge in [-0.25, -0.2) is 0 Å². The lowest BCUT2D eigenvalue weighted by atomic mass is 10.1. The van der Waals surface area contributed by atoms with Crippen LogP contribution in [0, 0.1) is 20.2 Å². The van der Waals surface area contributed by atoms with Crippen molar-refractivity contribution in [2.45, 2.75) is 0 Å². The lowest BCUT2D eigenvalue weighted by Gasteiger charge is -2.02. The Balaban J connectivity index is 1.79. The molecule has 0 bridgehead atoms. The van der Waals surface area contributed by atoms with Crippen LogP contribution in [-0.2, 0) is 0 Å². The molecule has 24 heavy (non-hydrogen) atoms. The van der Waals surface area contributed by atoms with E-state index in [1.54, 1.807) is 0 Å². The molecule has 0 unspecified atom stereocenters. The minimum atomic E-state index is -0.546. The molecule has 10 heteroatoms. The van der Waals surface area contributed by atoms with Gasteiger partial charge in [0, 0.05) is 12.1 Å². The van der Waals surface area contributed by atoms with Crippen LogP contribution in [0.3, 0.4) is 0 Å². The SMILES string of the molecule is O=[N+]([O-])c1ccc(NN=Cc2cc3c(cc2[N+](=O)[O-])OCO3)cc1. The summed E-state index contributed by atoms with van der Waals surface area (Å²) >= 11 is 0. The highest BCUT2D eigenvalue weighted by molar-refractivity contribution is 5.87. The fourth-order valence-electron chi connectivity index (χ4n) is 2.04. The summed E-state index contributed by atoms with van der Waals surface area (Å²) < 4.78 is 10.3. The third-order valence-electron chi connectivity index (χ3n) is 3.19. The second-order valence-corrected chi connectivity index (χ2v) is 4.70. The van der Waals surface area contributed by atoms with Gasteiger partial charge in [0.2, 0.25) is 6.79 Å². The molecule has 2 aromatic carbocycles. The number of fused-ring (bicyclic) bond motifs is 1. The minimum absolute atomic E-state index is 0.00806. The summed E-state index contributed by atoms with van der Waals surface area (Å²) in [6.45, 7) is 0.00806. The number of hydrogen-bond acceptors (Lipinski definition) is 8. The third kappa shape index (κ3) is 3.06. The summed E-state index contributed by atoms with van der Waals surface area (Å²) in [5.74, 6) is 0.708. The first-order valence-electron chi connectivity index (χ1n) is 6.66. The second-order valence-electron chi connectivity index (χ2n) is 4.70. The monoisotopic (exact) mass is 330 g/mol. The van der Waals surface area contributed by atoms with Crippen LogP contribution < -0.4 is 14.9 Å². The molecular formula is C14H10N4O6. The highest BCUT2D eigenvalue weighted by atomic mass is 16.7. The number of ether oxygens (including phenoxy) is 2. The maximum atomic E-state index is 11.1. The Morgan fingerprint density at radius 2 is 1.71 bits per heavy atom. The molecule has 1 N–H and O–H groups in total. The van der Waals surface area contributed by atoms with Crippen molar-refractivity contribution in [3.8, 4) is 11.5 Å². The van der Waals surface area contributed by atoms with Crippen molar-refractivity contribution in [2.75, 3.05) is 12.2 Å². The van der Waals surface area contributed by atoms with E-state index in [0.717, 1.165) is 0 Å². The van der Waals surface area contributed by atoms with Crippen molar-refractivity contribution in [1.82, 2.24) is 0 Å². The van der Waals surface area contributed by atoms with E-state index in [9.17, 15) is 20.2 Å². The van der Waals surface area contributed by atoms with Crippen LogP contribution in [0.4, 0.5) is 17.1 Å². The first kappa shape index (κ1) is 15.2. The Hall–Kier alpha value is -3.69. The van der Waals surface area contributed by atoms with Gasteiger partial charge in [-0.3, -0.25) is 25.7 Å². The van der Waals surface area contributed by atoms with Gasteiger partial charge in [0.25, 0.3) is 11.4 Å². The molecule has 2 aromatic rings. The maximum Gasteiger partial charge on any atom is 0.282 e. The molecule has 0 saturated carbocycles. The van der Waals surface area contributed by atoms with Crippen molar-refractivity contribution >= 4 is 23.3 Å². The van der Waals surface area contributed by atoms with E-state index in [4.69, 9.17) is 9.47 Å². The molecule has 3 rings (SSSR count). The largest absolute Gasteiger partial charge is 0.454 e. The van der Waals surface area contributed by atoms with Gasteiger partial charge < -0.3 is 9.47 Å². The average Bonchev–Trinajstić information content (AvgIpc) is 3.01. The predicted octanol–water partition coefficient (Wildman–Crippen LogP) is 2.68. The molecule has 0 fully saturated rings. The van der Waals surface area contributed by atoms with Crippen LogP contribution in [-0.4, -0.2) is 22.9 Å². The van der Waals surface area contributed by atoms with Crippen molar-refractivity contribution in [3.05, 3.63) is 62.2 Å². The van der Waals surface area contributed by atoms with Gasteiger partial charge in [-0.05, 0) is 18.2 Å².